The van der Waals surface area contributed by atoms with Crippen LogP contribution in [0.15, 0.2) is 29.3 Å². The van der Waals surface area contributed by atoms with Gasteiger partial charge in [0.05, 0.1) is 6.54 Å². The van der Waals surface area contributed by atoms with Crippen molar-refractivity contribution in [1.29, 1.82) is 0 Å². The van der Waals surface area contributed by atoms with Crippen molar-refractivity contribution in [2.24, 2.45) is 4.99 Å². The lowest BCUT2D eigenvalue weighted by Gasteiger charge is -2.19. The summed E-state index contributed by atoms with van der Waals surface area (Å²) in [6.45, 7) is 9.87. The minimum Gasteiger partial charge on any atom is -0.335 e. The second-order valence-corrected chi connectivity index (χ2v) is 7.04. The Labute approximate surface area is 114 Å². The summed E-state index contributed by atoms with van der Waals surface area (Å²) in [5.41, 5.74) is 2.71. The molecule has 1 heterocycles. The topological polar surface area (TPSA) is 24.4 Å². The van der Waals surface area contributed by atoms with E-state index in [4.69, 9.17) is 0 Å². The van der Waals surface area contributed by atoms with E-state index in [2.05, 4.69) is 62.3 Å². The van der Waals surface area contributed by atoms with Crippen LogP contribution in [0.3, 0.4) is 0 Å². The van der Waals surface area contributed by atoms with Gasteiger partial charge in [-0.15, -0.1) is 0 Å². The summed E-state index contributed by atoms with van der Waals surface area (Å²) >= 11 is 1.85. The Morgan fingerprint density at radius 1 is 1.28 bits per heavy atom. The van der Waals surface area contributed by atoms with Crippen LogP contribution in [0.4, 0.5) is 5.69 Å². The molecule has 3 heteroatoms. The third-order valence-corrected chi connectivity index (χ3v) is 4.44. The molecule has 98 valence electrons. The second kappa shape index (κ2) is 5.35. The minimum absolute atomic E-state index is 0.214. The van der Waals surface area contributed by atoms with Crippen LogP contribution >= 0.6 is 11.8 Å². The van der Waals surface area contributed by atoms with Gasteiger partial charge in [-0.3, -0.25) is 4.99 Å². The van der Waals surface area contributed by atoms with Crippen molar-refractivity contribution in [3.8, 4) is 0 Å². The van der Waals surface area contributed by atoms with Crippen molar-refractivity contribution < 1.29 is 0 Å². The van der Waals surface area contributed by atoms with Gasteiger partial charge in [-0.25, -0.2) is 0 Å². The average molecular weight is 262 g/mol. The SMILES string of the molecule is CCC1CN=C(Nc2ccc(C(C)(C)C)cc2)S1. The molecule has 0 amide bonds. The van der Waals surface area contributed by atoms with E-state index in [9.17, 15) is 0 Å². The van der Waals surface area contributed by atoms with Gasteiger partial charge in [0.2, 0.25) is 0 Å². The number of hydrogen-bond donors (Lipinski definition) is 1. The number of rotatable bonds is 2. The Morgan fingerprint density at radius 2 is 1.94 bits per heavy atom. The highest BCUT2D eigenvalue weighted by molar-refractivity contribution is 8.15. The van der Waals surface area contributed by atoms with Crippen LogP contribution < -0.4 is 5.32 Å². The van der Waals surface area contributed by atoms with E-state index in [1.54, 1.807) is 0 Å². The first-order valence-corrected chi connectivity index (χ1v) is 7.45. The predicted octanol–water partition coefficient (Wildman–Crippen LogP) is 4.28. The zero-order valence-corrected chi connectivity index (χ0v) is 12.5. The maximum atomic E-state index is 4.52. The minimum atomic E-state index is 0.214. The monoisotopic (exact) mass is 262 g/mol. The van der Waals surface area contributed by atoms with E-state index >= 15 is 0 Å². The third kappa shape index (κ3) is 3.29. The molecule has 0 bridgehead atoms. The quantitative estimate of drug-likeness (QED) is 0.860. The van der Waals surface area contributed by atoms with Crippen LogP contribution in [0.5, 0.6) is 0 Å². The lowest BCUT2D eigenvalue weighted by Crippen LogP contribution is -2.11. The summed E-state index contributed by atoms with van der Waals surface area (Å²) in [5.74, 6) is 0. The zero-order chi connectivity index (χ0) is 13.2. The maximum absolute atomic E-state index is 4.52. The molecule has 1 aromatic carbocycles. The van der Waals surface area contributed by atoms with Crippen molar-refractivity contribution in [2.45, 2.75) is 44.8 Å². The Hall–Kier alpha value is -0.960. The highest BCUT2D eigenvalue weighted by atomic mass is 32.2. The molecule has 18 heavy (non-hydrogen) atoms. The van der Waals surface area contributed by atoms with Gasteiger partial charge >= 0.3 is 0 Å². The number of amidine groups is 1. The van der Waals surface area contributed by atoms with E-state index in [-0.39, 0.29) is 5.41 Å². The molecule has 0 fully saturated rings. The zero-order valence-electron chi connectivity index (χ0n) is 11.7. The van der Waals surface area contributed by atoms with Crippen LogP contribution in [-0.2, 0) is 5.41 Å². The molecule has 0 saturated carbocycles. The molecule has 2 nitrogen and oxygen atoms in total. The molecule has 1 unspecified atom stereocenters. The number of benzene rings is 1. The largest absolute Gasteiger partial charge is 0.335 e. The van der Waals surface area contributed by atoms with Gasteiger partial charge in [-0.05, 0) is 29.5 Å². The van der Waals surface area contributed by atoms with Gasteiger partial charge in [0.1, 0.15) is 0 Å². The van der Waals surface area contributed by atoms with E-state index < -0.39 is 0 Å². The van der Waals surface area contributed by atoms with Gasteiger partial charge in [0.25, 0.3) is 0 Å². The van der Waals surface area contributed by atoms with Crippen molar-refractivity contribution in [3.63, 3.8) is 0 Å². The second-order valence-electron chi connectivity index (χ2n) is 5.75. The van der Waals surface area contributed by atoms with E-state index in [0.29, 0.717) is 5.25 Å². The van der Waals surface area contributed by atoms with Crippen LogP contribution in [0, 0.1) is 0 Å². The fourth-order valence-corrected chi connectivity index (χ4v) is 2.83. The van der Waals surface area contributed by atoms with E-state index in [1.807, 2.05) is 11.8 Å². The Bertz CT molecular complexity index is 429. The summed E-state index contributed by atoms with van der Waals surface area (Å²) in [6.07, 6.45) is 1.18. The molecular formula is C15H22N2S. The van der Waals surface area contributed by atoms with Crippen molar-refractivity contribution in [3.05, 3.63) is 29.8 Å². The first kappa shape index (κ1) is 13.5. The summed E-state index contributed by atoms with van der Waals surface area (Å²) in [4.78, 5) is 4.52. The fraction of sp³-hybridized carbons (Fsp3) is 0.533. The van der Waals surface area contributed by atoms with E-state index in [0.717, 1.165) is 17.4 Å². The summed E-state index contributed by atoms with van der Waals surface area (Å²) in [7, 11) is 0. The van der Waals surface area contributed by atoms with Gasteiger partial charge in [0, 0.05) is 10.9 Å². The highest BCUT2D eigenvalue weighted by Crippen LogP contribution is 2.26. The molecular weight excluding hydrogens is 240 g/mol. The smallest absolute Gasteiger partial charge is 0.161 e. The lowest BCUT2D eigenvalue weighted by atomic mass is 9.87. The van der Waals surface area contributed by atoms with Crippen molar-refractivity contribution >= 4 is 22.6 Å². The number of nitrogens with one attached hydrogen (secondary N) is 1. The number of hydrogen-bond acceptors (Lipinski definition) is 3. The molecule has 1 aliphatic rings. The third-order valence-electron chi connectivity index (χ3n) is 3.17. The standard InChI is InChI=1S/C15H22N2S/c1-5-13-10-16-14(18-13)17-12-8-6-11(7-9-12)15(2,3)4/h6-9,13H,5,10H2,1-4H3,(H,16,17). The van der Waals surface area contributed by atoms with Crippen LogP contribution in [0.25, 0.3) is 0 Å². The van der Waals surface area contributed by atoms with Gasteiger partial charge in [0.15, 0.2) is 5.17 Å². The lowest BCUT2D eigenvalue weighted by molar-refractivity contribution is 0.590. The first-order valence-electron chi connectivity index (χ1n) is 6.57. The normalized spacial score (nSPS) is 19.8. The molecule has 0 radical (unpaired) electrons. The average Bonchev–Trinajstić information content (AvgIpc) is 2.76. The molecule has 1 N–H and O–H groups in total. The fourth-order valence-electron chi connectivity index (χ4n) is 1.88. The number of anilines is 1. The van der Waals surface area contributed by atoms with Gasteiger partial charge in [-0.1, -0.05) is 51.6 Å². The maximum Gasteiger partial charge on any atom is 0.161 e. The summed E-state index contributed by atoms with van der Waals surface area (Å²) in [6, 6.07) is 8.67. The first-order chi connectivity index (χ1) is 8.49. The molecule has 1 aromatic rings. The predicted molar refractivity (Wildman–Crippen MR) is 82.7 cm³/mol. The van der Waals surface area contributed by atoms with Crippen molar-refractivity contribution in [1.82, 2.24) is 0 Å². The molecule has 0 spiro atoms. The van der Waals surface area contributed by atoms with Gasteiger partial charge in [-0.2, -0.15) is 0 Å². The molecule has 2 rings (SSSR count). The molecule has 0 saturated heterocycles. The summed E-state index contributed by atoms with van der Waals surface area (Å²) in [5, 5.41) is 5.11. The number of thioether (sulfide) groups is 1. The van der Waals surface area contributed by atoms with Crippen LogP contribution in [0.2, 0.25) is 0 Å². The molecule has 1 aliphatic heterocycles. The summed E-state index contributed by atoms with van der Waals surface area (Å²) < 4.78 is 0. The van der Waals surface area contributed by atoms with Gasteiger partial charge < -0.3 is 5.32 Å². The molecule has 0 aliphatic carbocycles. The number of nitrogens with zero attached hydrogens (tertiary/aromatic N) is 1. The highest BCUT2D eigenvalue weighted by Gasteiger charge is 2.18. The molecule has 1 atom stereocenters. The Balaban J connectivity index is 1.99. The molecule has 0 aromatic heterocycles. The van der Waals surface area contributed by atoms with Crippen LogP contribution in [-0.4, -0.2) is 17.0 Å². The van der Waals surface area contributed by atoms with Crippen molar-refractivity contribution in [2.75, 3.05) is 11.9 Å². The number of aliphatic imine (C=N–C) groups is 1. The van der Waals surface area contributed by atoms with Crippen LogP contribution in [0.1, 0.15) is 39.7 Å². The Morgan fingerprint density at radius 3 is 2.44 bits per heavy atom. The van der Waals surface area contributed by atoms with E-state index in [1.165, 1.54) is 12.0 Å². The Kier molecular flexibility index (Phi) is 4.00.